The number of allylic oxidation sites excluding steroid dienone is 1. The Labute approximate surface area is 189 Å². The van der Waals surface area contributed by atoms with Gasteiger partial charge >= 0.3 is 5.97 Å². The van der Waals surface area contributed by atoms with Crippen molar-refractivity contribution >= 4 is 45.8 Å². The van der Waals surface area contributed by atoms with Gasteiger partial charge in [0.15, 0.2) is 5.17 Å². The van der Waals surface area contributed by atoms with Crippen LogP contribution >= 0.6 is 11.8 Å². The Morgan fingerprint density at radius 3 is 2.34 bits per heavy atom. The fourth-order valence-corrected chi connectivity index (χ4v) is 4.34. The third-order valence-corrected chi connectivity index (χ3v) is 6.12. The van der Waals surface area contributed by atoms with E-state index in [2.05, 4.69) is 4.99 Å². The number of ether oxygens (including phenoxy) is 1. The molecular weight excluding hydrogens is 424 g/mol. The number of carbonyl (C=O) groups excluding carboxylic acids is 1. The third-order valence-electron chi connectivity index (χ3n) is 4.98. The number of thioether (sulfide) groups is 1. The second-order valence-electron chi connectivity index (χ2n) is 7.01. The van der Waals surface area contributed by atoms with Gasteiger partial charge in [-0.05, 0) is 72.3 Å². The Bertz CT molecular complexity index is 1230. The van der Waals surface area contributed by atoms with E-state index in [1.54, 1.807) is 24.1 Å². The summed E-state index contributed by atoms with van der Waals surface area (Å²) in [5.41, 5.74) is 3.02. The van der Waals surface area contributed by atoms with E-state index in [0.717, 1.165) is 16.9 Å². The normalized spacial score (nSPS) is 16.4. The molecule has 1 aliphatic heterocycles. The Morgan fingerprint density at radius 1 is 0.969 bits per heavy atom. The number of hydrogen-bond acceptors (Lipinski definition) is 5. The second-order valence-corrected chi connectivity index (χ2v) is 7.99. The smallest absolute Gasteiger partial charge is 0.335 e. The van der Waals surface area contributed by atoms with Crippen LogP contribution in [0.15, 0.2) is 88.8 Å². The highest BCUT2D eigenvalue weighted by atomic mass is 32.2. The van der Waals surface area contributed by atoms with Crippen LogP contribution in [0.5, 0.6) is 5.75 Å². The average Bonchev–Trinajstić information content (AvgIpc) is 3.14. The topological polar surface area (TPSA) is 79.2 Å². The van der Waals surface area contributed by atoms with Crippen molar-refractivity contribution in [2.45, 2.75) is 6.92 Å². The Kier molecular flexibility index (Phi) is 6.09. The van der Waals surface area contributed by atoms with Crippen molar-refractivity contribution in [2.75, 3.05) is 12.0 Å². The number of hydrogen-bond donors (Lipinski definition) is 1. The lowest BCUT2D eigenvalue weighted by molar-refractivity contribution is -0.113. The van der Waals surface area contributed by atoms with Crippen molar-refractivity contribution < 1.29 is 19.4 Å². The molecule has 1 N–H and O–H groups in total. The molecule has 1 aliphatic rings. The SMILES string of the molecule is COc1ccc(/C(C)=C2\SC(=Nc3cccc(C(=O)O)c3)N(c3ccccc3)C2=O)cc1. The molecule has 1 saturated heterocycles. The molecule has 0 aromatic heterocycles. The number of carbonyl (C=O) groups is 2. The predicted octanol–water partition coefficient (Wildman–Crippen LogP) is 5.59. The number of anilines is 1. The van der Waals surface area contributed by atoms with E-state index in [-0.39, 0.29) is 11.5 Å². The molecule has 1 fully saturated rings. The maximum Gasteiger partial charge on any atom is 0.335 e. The lowest BCUT2D eigenvalue weighted by atomic mass is 10.1. The number of amidine groups is 1. The number of methoxy groups -OCH3 is 1. The minimum absolute atomic E-state index is 0.137. The van der Waals surface area contributed by atoms with Crippen LogP contribution in [0.3, 0.4) is 0 Å². The number of amides is 1. The summed E-state index contributed by atoms with van der Waals surface area (Å²) in [7, 11) is 1.61. The predicted molar refractivity (Wildman–Crippen MR) is 128 cm³/mol. The van der Waals surface area contributed by atoms with Gasteiger partial charge in [0.2, 0.25) is 0 Å². The van der Waals surface area contributed by atoms with Crippen LogP contribution in [0.4, 0.5) is 11.4 Å². The maximum absolute atomic E-state index is 13.5. The van der Waals surface area contributed by atoms with Gasteiger partial charge in [-0.1, -0.05) is 36.4 Å². The molecule has 0 saturated carbocycles. The summed E-state index contributed by atoms with van der Waals surface area (Å²) in [5, 5.41) is 9.75. The summed E-state index contributed by atoms with van der Waals surface area (Å²) in [6.45, 7) is 1.90. The molecule has 1 amide bonds. The molecule has 0 aliphatic carbocycles. The van der Waals surface area contributed by atoms with Crippen LogP contribution in [0.1, 0.15) is 22.8 Å². The first kappa shape index (κ1) is 21.4. The number of carboxylic acids is 1. The lowest BCUT2D eigenvalue weighted by Gasteiger charge is -2.15. The molecule has 3 aromatic rings. The first-order valence-electron chi connectivity index (χ1n) is 9.82. The second kappa shape index (κ2) is 9.11. The zero-order valence-electron chi connectivity index (χ0n) is 17.5. The van der Waals surface area contributed by atoms with E-state index >= 15 is 0 Å². The van der Waals surface area contributed by atoms with Crippen molar-refractivity contribution in [3.63, 3.8) is 0 Å². The lowest BCUT2D eigenvalue weighted by Crippen LogP contribution is -2.28. The van der Waals surface area contributed by atoms with Crippen molar-refractivity contribution in [1.29, 1.82) is 0 Å². The summed E-state index contributed by atoms with van der Waals surface area (Å²) in [6.07, 6.45) is 0. The van der Waals surface area contributed by atoms with Gasteiger partial charge in [0.1, 0.15) is 5.75 Å². The summed E-state index contributed by atoms with van der Waals surface area (Å²) in [5.74, 6) is -0.468. The minimum Gasteiger partial charge on any atom is -0.497 e. The van der Waals surface area contributed by atoms with E-state index in [9.17, 15) is 14.7 Å². The number of benzene rings is 3. The quantitative estimate of drug-likeness (QED) is 0.519. The molecule has 6 nitrogen and oxygen atoms in total. The fraction of sp³-hybridized carbons (Fsp3) is 0.0800. The number of carboxylic acid groups (broad SMARTS) is 1. The monoisotopic (exact) mass is 444 g/mol. The Hall–Kier alpha value is -3.84. The molecule has 0 bridgehead atoms. The van der Waals surface area contributed by atoms with Crippen molar-refractivity contribution in [2.24, 2.45) is 4.99 Å². The van der Waals surface area contributed by atoms with Crippen LogP contribution in [0, 0.1) is 0 Å². The summed E-state index contributed by atoms with van der Waals surface area (Å²) in [4.78, 5) is 31.6. The molecule has 4 rings (SSSR count). The number of aliphatic imine (C=N–C) groups is 1. The van der Waals surface area contributed by atoms with Crippen molar-refractivity contribution in [3.8, 4) is 5.75 Å². The number of aromatic carboxylic acids is 1. The molecule has 160 valence electrons. The van der Waals surface area contributed by atoms with Crippen LogP contribution in [0.2, 0.25) is 0 Å². The fourth-order valence-electron chi connectivity index (χ4n) is 3.27. The van der Waals surface area contributed by atoms with Crippen molar-refractivity contribution in [3.05, 3.63) is 94.9 Å². The Balaban J connectivity index is 1.80. The van der Waals surface area contributed by atoms with Crippen molar-refractivity contribution in [1.82, 2.24) is 0 Å². The van der Waals surface area contributed by atoms with Gasteiger partial charge in [-0.15, -0.1) is 0 Å². The molecule has 32 heavy (non-hydrogen) atoms. The van der Waals surface area contributed by atoms with Crippen LogP contribution in [-0.2, 0) is 4.79 Å². The molecule has 0 radical (unpaired) electrons. The highest BCUT2D eigenvalue weighted by Crippen LogP contribution is 2.40. The van der Waals surface area contributed by atoms with E-state index < -0.39 is 5.97 Å². The molecule has 7 heteroatoms. The van der Waals surface area contributed by atoms with Crippen LogP contribution < -0.4 is 9.64 Å². The zero-order valence-corrected chi connectivity index (χ0v) is 18.3. The third kappa shape index (κ3) is 4.29. The first-order valence-corrected chi connectivity index (χ1v) is 10.6. The van der Waals surface area contributed by atoms with Crippen LogP contribution in [-0.4, -0.2) is 29.3 Å². The minimum atomic E-state index is -1.03. The molecular formula is C25H20N2O4S. The van der Waals surface area contributed by atoms with E-state index in [1.807, 2.05) is 61.5 Å². The molecule has 0 spiro atoms. The standard InChI is InChI=1S/C25H20N2O4S/c1-16(17-11-13-21(31-2)14-12-17)22-23(28)27(20-9-4-3-5-10-20)25(32-22)26-19-8-6-7-18(15-19)24(29)30/h3-15H,1-2H3,(H,29,30)/b22-16-,26-25?. The summed E-state index contributed by atoms with van der Waals surface area (Å²) in [6, 6.07) is 23.1. The molecule has 0 unspecified atom stereocenters. The first-order chi connectivity index (χ1) is 15.5. The van der Waals surface area contributed by atoms with Crippen LogP contribution in [0.25, 0.3) is 5.57 Å². The van der Waals surface area contributed by atoms with Gasteiger partial charge < -0.3 is 9.84 Å². The van der Waals surface area contributed by atoms with Gasteiger partial charge in [-0.2, -0.15) is 0 Å². The van der Waals surface area contributed by atoms with Gasteiger partial charge in [-0.25, -0.2) is 9.79 Å². The van der Waals surface area contributed by atoms with Gasteiger partial charge in [0.25, 0.3) is 5.91 Å². The summed E-state index contributed by atoms with van der Waals surface area (Å²) >= 11 is 1.27. The van der Waals surface area contributed by atoms with E-state index in [0.29, 0.717) is 21.4 Å². The van der Waals surface area contributed by atoms with Gasteiger partial charge in [-0.3, -0.25) is 9.69 Å². The largest absolute Gasteiger partial charge is 0.497 e. The molecule has 3 aromatic carbocycles. The van der Waals surface area contributed by atoms with Gasteiger partial charge in [0.05, 0.1) is 29.0 Å². The van der Waals surface area contributed by atoms with E-state index in [1.165, 1.54) is 23.9 Å². The summed E-state index contributed by atoms with van der Waals surface area (Å²) < 4.78 is 5.22. The highest BCUT2D eigenvalue weighted by Gasteiger charge is 2.36. The highest BCUT2D eigenvalue weighted by molar-refractivity contribution is 8.19. The number of rotatable bonds is 5. The number of para-hydroxylation sites is 1. The average molecular weight is 445 g/mol. The molecule has 1 heterocycles. The maximum atomic E-state index is 13.5. The van der Waals surface area contributed by atoms with Gasteiger partial charge in [0, 0.05) is 0 Å². The number of nitrogens with zero attached hydrogens (tertiary/aromatic N) is 2. The molecule has 0 atom stereocenters. The zero-order chi connectivity index (χ0) is 22.7. The van der Waals surface area contributed by atoms with E-state index in [4.69, 9.17) is 4.74 Å². The Morgan fingerprint density at radius 2 is 1.69 bits per heavy atom.